The molecule has 0 amide bonds. The van der Waals surface area contributed by atoms with E-state index in [0.717, 1.165) is 16.9 Å². The van der Waals surface area contributed by atoms with E-state index in [2.05, 4.69) is 0 Å². The van der Waals surface area contributed by atoms with Crippen LogP contribution in [-0.2, 0) is 16.1 Å². The van der Waals surface area contributed by atoms with Gasteiger partial charge in [0.05, 0.1) is 13.0 Å². The molecule has 5 heteroatoms. The Kier molecular flexibility index (Phi) is 4.89. The molecule has 5 nitrogen and oxygen atoms in total. The Morgan fingerprint density at radius 3 is 2.71 bits per heavy atom. The van der Waals surface area contributed by atoms with Crippen molar-refractivity contribution in [2.24, 2.45) is 0 Å². The molecule has 126 valence electrons. The normalized spacial score (nSPS) is 12.1. The highest BCUT2D eigenvalue weighted by molar-refractivity contribution is 5.69. The van der Waals surface area contributed by atoms with Crippen LogP contribution in [0.25, 0.3) is 0 Å². The first-order chi connectivity index (χ1) is 11.6. The van der Waals surface area contributed by atoms with E-state index in [1.54, 1.807) is 0 Å². The van der Waals surface area contributed by atoms with E-state index in [1.807, 2.05) is 50.2 Å². The number of esters is 1. The highest BCUT2D eigenvalue weighted by atomic mass is 16.7. The van der Waals surface area contributed by atoms with Crippen LogP contribution in [0, 0.1) is 13.8 Å². The molecule has 0 saturated carbocycles. The van der Waals surface area contributed by atoms with E-state index < -0.39 is 0 Å². The van der Waals surface area contributed by atoms with Crippen molar-refractivity contribution in [2.75, 3.05) is 13.4 Å². The van der Waals surface area contributed by atoms with Crippen LogP contribution in [0.15, 0.2) is 36.4 Å². The predicted octanol–water partition coefficient (Wildman–Crippen LogP) is 3.54. The second kappa shape index (κ2) is 7.25. The van der Waals surface area contributed by atoms with Crippen LogP contribution in [0.2, 0.25) is 0 Å². The van der Waals surface area contributed by atoms with Gasteiger partial charge in [0.2, 0.25) is 6.79 Å². The SMILES string of the molecule is Cc1ccc(OCCC(=O)OCc2ccc3c(c2)OCO3)cc1C. The van der Waals surface area contributed by atoms with Gasteiger partial charge in [0.25, 0.3) is 0 Å². The average molecular weight is 328 g/mol. The van der Waals surface area contributed by atoms with Gasteiger partial charge in [-0.05, 0) is 54.8 Å². The maximum atomic E-state index is 11.8. The van der Waals surface area contributed by atoms with Crippen LogP contribution in [0.5, 0.6) is 17.2 Å². The largest absolute Gasteiger partial charge is 0.493 e. The predicted molar refractivity (Wildman–Crippen MR) is 88.4 cm³/mol. The molecule has 0 spiro atoms. The minimum absolute atomic E-state index is 0.206. The van der Waals surface area contributed by atoms with Gasteiger partial charge in [-0.15, -0.1) is 0 Å². The summed E-state index contributed by atoms with van der Waals surface area (Å²) in [7, 11) is 0. The molecular formula is C19H20O5. The minimum Gasteiger partial charge on any atom is -0.493 e. The molecule has 2 aromatic carbocycles. The summed E-state index contributed by atoms with van der Waals surface area (Å²) in [6, 6.07) is 11.4. The van der Waals surface area contributed by atoms with Crippen molar-refractivity contribution in [1.29, 1.82) is 0 Å². The van der Waals surface area contributed by atoms with Gasteiger partial charge in [0.15, 0.2) is 11.5 Å². The van der Waals surface area contributed by atoms with Crippen molar-refractivity contribution in [1.82, 2.24) is 0 Å². The molecule has 0 aliphatic carbocycles. The molecule has 24 heavy (non-hydrogen) atoms. The standard InChI is InChI=1S/C19H20O5/c1-13-3-5-16(9-14(13)2)21-8-7-19(20)22-11-15-4-6-17-18(10-15)24-12-23-17/h3-6,9-10H,7-8,11-12H2,1-2H3. The Hall–Kier alpha value is -2.69. The van der Waals surface area contributed by atoms with Crippen LogP contribution in [-0.4, -0.2) is 19.4 Å². The number of hydrogen-bond donors (Lipinski definition) is 0. The van der Waals surface area contributed by atoms with Crippen molar-refractivity contribution in [2.45, 2.75) is 26.9 Å². The van der Waals surface area contributed by atoms with Crippen LogP contribution < -0.4 is 14.2 Å². The molecule has 0 atom stereocenters. The molecule has 0 saturated heterocycles. The fourth-order valence-corrected chi connectivity index (χ4v) is 2.32. The monoisotopic (exact) mass is 328 g/mol. The Labute approximate surface area is 141 Å². The van der Waals surface area contributed by atoms with Gasteiger partial charge < -0.3 is 18.9 Å². The number of hydrogen-bond acceptors (Lipinski definition) is 5. The van der Waals surface area contributed by atoms with Gasteiger partial charge in [0.1, 0.15) is 12.4 Å². The van der Waals surface area contributed by atoms with Crippen molar-refractivity contribution in [3.8, 4) is 17.2 Å². The lowest BCUT2D eigenvalue weighted by atomic mass is 10.1. The van der Waals surface area contributed by atoms with Crippen molar-refractivity contribution >= 4 is 5.97 Å². The number of fused-ring (bicyclic) bond motifs is 1. The van der Waals surface area contributed by atoms with E-state index in [-0.39, 0.29) is 25.8 Å². The summed E-state index contributed by atoms with van der Waals surface area (Å²) < 4.78 is 21.4. The van der Waals surface area contributed by atoms with Gasteiger partial charge in [-0.2, -0.15) is 0 Å². The Morgan fingerprint density at radius 1 is 1.04 bits per heavy atom. The molecule has 1 heterocycles. The third-order valence-electron chi connectivity index (χ3n) is 3.89. The molecular weight excluding hydrogens is 308 g/mol. The van der Waals surface area contributed by atoms with Gasteiger partial charge >= 0.3 is 5.97 Å². The minimum atomic E-state index is -0.295. The van der Waals surface area contributed by atoms with E-state index in [0.29, 0.717) is 18.1 Å². The maximum absolute atomic E-state index is 11.8. The summed E-state index contributed by atoms with van der Waals surface area (Å²) in [6.07, 6.45) is 0.206. The fourth-order valence-electron chi connectivity index (χ4n) is 2.32. The highest BCUT2D eigenvalue weighted by Crippen LogP contribution is 2.32. The quantitative estimate of drug-likeness (QED) is 0.759. The van der Waals surface area contributed by atoms with Crippen LogP contribution in [0.1, 0.15) is 23.1 Å². The zero-order valence-corrected chi connectivity index (χ0v) is 13.8. The van der Waals surface area contributed by atoms with Crippen LogP contribution in [0.3, 0.4) is 0 Å². The smallest absolute Gasteiger partial charge is 0.309 e. The molecule has 1 aliphatic heterocycles. The summed E-state index contributed by atoms with van der Waals surface area (Å²) in [5.74, 6) is 1.87. The number of benzene rings is 2. The van der Waals surface area contributed by atoms with Gasteiger partial charge in [0, 0.05) is 0 Å². The maximum Gasteiger partial charge on any atom is 0.309 e. The molecule has 0 N–H and O–H groups in total. The van der Waals surface area contributed by atoms with Gasteiger partial charge in [-0.3, -0.25) is 4.79 Å². The third kappa shape index (κ3) is 3.98. The summed E-state index contributed by atoms with van der Waals surface area (Å²) >= 11 is 0. The van der Waals surface area contributed by atoms with E-state index in [9.17, 15) is 4.79 Å². The highest BCUT2D eigenvalue weighted by Gasteiger charge is 2.13. The first-order valence-electron chi connectivity index (χ1n) is 7.86. The Balaban J connectivity index is 1.42. The topological polar surface area (TPSA) is 54.0 Å². The number of carbonyl (C=O) groups excluding carboxylic acids is 1. The zero-order chi connectivity index (χ0) is 16.9. The second-order valence-electron chi connectivity index (χ2n) is 5.69. The number of ether oxygens (including phenoxy) is 4. The van der Waals surface area contributed by atoms with Gasteiger partial charge in [-0.25, -0.2) is 0 Å². The Morgan fingerprint density at radius 2 is 1.88 bits per heavy atom. The molecule has 0 radical (unpaired) electrons. The van der Waals surface area contributed by atoms with E-state index in [4.69, 9.17) is 18.9 Å². The van der Waals surface area contributed by atoms with E-state index in [1.165, 1.54) is 5.56 Å². The molecule has 0 unspecified atom stereocenters. The van der Waals surface area contributed by atoms with Crippen molar-refractivity contribution in [3.05, 3.63) is 53.1 Å². The number of carbonyl (C=O) groups is 1. The lowest BCUT2D eigenvalue weighted by molar-refractivity contribution is -0.145. The molecule has 0 fully saturated rings. The van der Waals surface area contributed by atoms with Gasteiger partial charge in [-0.1, -0.05) is 12.1 Å². The molecule has 0 bridgehead atoms. The average Bonchev–Trinajstić information content (AvgIpc) is 3.04. The van der Waals surface area contributed by atoms with Crippen molar-refractivity contribution < 1.29 is 23.7 Å². The number of aryl methyl sites for hydroxylation is 2. The fraction of sp³-hybridized carbons (Fsp3) is 0.316. The lowest BCUT2D eigenvalue weighted by Gasteiger charge is -2.09. The summed E-state index contributed by atoms with van der Waals surface area (Å²) in [4.78, 5) is 11.8. The summed E-state index contributed by atoms with van der Waals surface area (Å²) in [5, 5.41) is 0. The third-order valence-corrected chi connectivity index (χ3v) is 3.89. The number of rotatable bonds is 6. The molecule has 3 rings (SSSR count). The first kappa shape index (κ1) is 16.2. The van der Waals surface area contributed by atoms with E-state index >= 15 is 0 Å². The Bertz CT molecular complexity index is 739. The molecule has 2 aromatic rings. The van der Waals surface area contributed by atoms with Crippen LogP contribution >= 0.6 is 0 Å². The zero-order valence-electron chi connectivity index (χ0n) is 13.8. The summed E-state index contributed by atoms with van der Waals surface area (Å²) in [6.45, 7) is 4.81. The first-order valence-corrected chi connectivity index (χ1v) is 7.86. The second-order valence-corrected chi connectivity index (χ2v) is 5.69. The lowest BCUT2D eigenvalue weighted by Crippen LogP contribution is -2.10. The molecule has 1 aliphatic rings. The summed E-state index contributed by atoms with van der Waals surface area (Å²) in [5.41, 5.74) is 3.24. The van der Waals surface area contributed by atoms with Crippen molar-refractivity contribution in [3.63, 3.8) is 0 Å². The van der Waals surface area contributed by atoms with Crippen LogP contribution in [0.4, 0.5) is 0 Å². The molecule has 0 aromatic heterocycles.